The molecule has 0 aromatic rings. The largest absolute Gasteiger partial charge is 0.465 e. The summed E-state index contributed by atoms with van der Waals surface area (Å²) in [4.78, 5) is 29.0. The molecule has 0 saturated carbocycles. The molecule has 1 fully saturated rings. The fourth-order valence-electron chi connectivity index (χ4n) is 8.69. The highest BCUT2D eigenvalue weighted by Gasteiger charge is 2.29. The summed E-state index contributed by atoms with van der Waals surface area (Å²) in [7, 11) is 0. The summed E-state index contributed by atoms with van der Waals surface area (Å²) >= 11 is 0. The monoisotopic (exact) mass is 764 g/mol. The Morgan fingerprint density at radius 2 is 0.944 bits per heavy atom. The normalized spacial score (nSPS) is 17.4. The molecular weight excluding hydrogens is 671 g/mol. The molecule has 6 heteroatoms. The SMILES string of the molecule is CCCCCCCCC(CCCCCC)C(=O)OCCCCC1CCN(CCCCO)CC1CCCOC(=O)C(CCCCCC)CCCCCCCC. The highest BCUT2D eigenvalue weighted by atomic mass is 16.5. The first-order chi connectivity index (χ1) is 26.5. The molecule has 54 heavy (non-hydrogen) atoms. The topological polar surface area (TPSA) is 76.1 Å². The Hall–Kier alpha value is -1.14. The minimum atomic E-state index is 0.0515. The van der Waals surface area contributed by atoms with Crippen LogP contribution in [0.1, 0.15) is 233 Å². The van der Waals surface area contributed by atoms with Crippen LogP contribution in [0.4, 0.5) is 0 Å². The number of hydrogen-bond donors (Lipinski definition) is 1. The van der Waals surface area contributed by atoms with Crippen molar-refractivity contribution >= 4 is 11.9 Å². The number of hydrogen-bond acceptors (Lipinski definition) is 6. The van der Waals surface area contributed by atoms with Crippen molar-refractivity contribution in [3.63, 3.8) is 0 Å². The van der Waals surface area contributed by atoms with E-state index in [-0.39, 0.29) is 30.4 Å². The van der Waals surface area contributed by atoms with E-state index in [9.17, 15) is 14.7 Å². The van der Waals surface area contributed by atoms with E-state index in [1.54, 1.807) is 0 Å². The molecule has 320 valence electrons. The molecule has 0 aromatic heterocycles. The molecule has 0 spiro atoms. The number of rotatable bonds is 39. The van der Waals surface area contributed by atoms with Crippen LogP contribution < -0.4 is 0 Å². The van der Waals surface area contributed by atoms with Gasteiger partial charge in [-0.1, -0.05) is 156 Å². The Kier molecular flexibility index (Phi) is 35.3. The van der Waals surface area contributed by atoms with Crippen LogP contribution in [0, 0.1) is 23.7 Å². The van der Waals surface area contributed by atoms with Crippen molar-refractivity contribution in [1.82, 2.24) is 4.90 Å². The number of likely N-dealkylation sites (tertiary alicyclic amines) is 1. The molecule has 0 bridgehead atoms. The first-order valence-electron chi connectivity index (χ1n) is 24.2. The molecular formula is C48H93NO5. The molecule has 1 aliphatic heterocycles. The summed E-state index contributed by atoms with van der Waals surface area (Å²) in [5, 5.41) is 9.33. The van der Waals surface area contributed by atoms with E-state index in [2.05, 4.69) is 32.6 Å². The Morgan fingerprint density at radius 1 is 0.519 bits per heavy atom. The zero-order valence-electron chi connectivity index (χ0n) is 36.7. The van der Waals surface area contributed by atoms with Crippen LogP contribution in [0.3, 0.4) is 0 Å². The van der Waals surface area contributed by atoms with Gasteiger partial charge in [0.1, 0.15) is 0 Å². The lowest BCUT2D eigenvalue weighted by atomic mass is 9.79. The van der Waals surface area contributed by atoms with Crippen LogP contribution in [-0.4, -0.2) is 61.4 Å². The number of aliphatic hydroxyl groups excluding tert-OH is 1. The van der Waals surface area contributed by atoms with Gasteiger partial charge in [-0.05, 0) is 102 Å². The number of carbonyl (C=O) groups is 2. The summed E-state index contributed by atoms with van der Waals surface area (Å²) in [6.45, 7) is 13.7. The van der Waals surface area contributed by atoms with Crippen molar-refractivity contribution < 1.29 is 24.2 Å². The van der Waals surface area contributed by atoms with Crippen molar-refractivity contribution in [3.05, 3.63) is 0 Å². The molecule has 1 heterocycles. The van der Waals surface area contributed by atoms with Crippen LogP contribution in [0.2, 0.25) is 0 Å². The summed E-state index contributed by atoms with van der Waals surface area (Å²) in [6, 6.07) is 0. The number of piperidine rings is 1. The van der Waals surface area contributed by atoms with Gasteiger partial charge < -0.3 is 19.5 Å². The zero-order valence-corrected chi connectivity index (χ0v) is 36.7. The molecule has 4 atom stereocenters. The third kappa shape index (κ3) is 27.5. The maximum atomic E-state index is 13.3. The molecule has 0 aromatic carbocycles. The first-order valence-corrected chi connectivity index (χ1v) is 24.2. The van der Waals surface area contributed by atoms with Gasteiger partial charge in [0.2, 0.25) is 0 Å². The average molecular weight is 764 g/mol. The average Bonchev–Trinajstić information content (AvgIpc) is 3.18. The minimum absolute atomic E-state index is 0.0515. The maximum absolute atomic E-state index is 13.3. The molecule has 1 saturated heterocycles. The van der Waals surface area contributed by atoms with Gasteiger partial charge in [-0.3, -0.25) is 9.59 Å². The molecule has 1 N–H and O–H groups in total. The summed E-state index contributed by atoms with van der Waals surface area (Å²) in [5.41, 5.74) is 0. The predicted octanol–water partition coefficient (Wildman–Crippen LogP) is 13.4. The van der Waals surface area contributed by atoms with Gasteiger partial charge in [-0.15, -0.1) is 0 Å². The fourth-order valence-corrected chi connectivity index (χ4v) is 8.69. The zero-order chi connectivity index (χ0) is 39.3. The Morgan fingerprint density at radius 3 is 1.43 bits per heavy atom. The standard InChI is InChI=1S/C48H93NO5/c1-5-9-13-17-19-23-33-44(31-21-15-11-7-3)47(51)53-40-28-25-30-43-36-38-49(37-26-27-39-50)42-46(43)35-29-41-54-48(52)45(32-22-16-12-8-4)34-24-20-18-14-10-6-2/h43-46,50H,5-42H2,1-4H3. The van der Waals surface area contributed by atoms with E-state index < -0.39 is 0 Å². The minimum Gasteiger partial charge on any atom is -0.465 e. The molecule has 0 amide bonds. The quantitative estimate of drug-likeness (QED) is 0.0496. The predicted molar refractivity (Wildman–Crippen MR) is 230 cm³/mol. The van der Waals surface area contributed by atoms with Crippen LogP contribution >= 0.6 is 0 Å². The smallest absolute Gasteiger partial charge is 0.308 e. The van der Waals surface area contributed by atoms with Gasteiger partial charge >= 0.3 is 11.9 Å². The van der Waals surface area contributed by atoms with Crippen molar-refractivity contribution in [1.29, 1.82) is 0 Å². The van der Waals surface area contributed by atoms with Crippen molar-refractivity contribution in [3.8, 4) is 0 Å². The van der Waals surface area contributed by atoms with E-state index in [1.165, 1.54) is 116 Å². The van der Waals surface area contributed by atoms with E-state index in [0.717, 1.165) is 110 Å². The number of nitrogens with zero attached hydrogens (tertiary/aromatic N) is 1. The third-order valence-electron chi connectivity index (χ3n) is 12.3. The number of esters is 2. The molecule has 0 aliphatic carbocycles. The Balaban J connectivity index is 2.59. The van der Waals surface area contributed by atoms with E-state index in [4.69, 9.17) is 9.47 Å². The molecule has 6 nitrogen and oxygen atoms in total. The van der Waals surface area contributed by atoms with Crippen LogP contribution in [0.15, 0.2) is 0 Å². The van der Waals surface area contributed by atoms with Crippen molar-refractivity contribution in [2.75, 3.05) is 39.5 Å². The molecule has 4 unspecified atom stereocenters. The van der Waals surface area contributed by atoms with E-state index >= 15 is 0 Å². The Labute approximate surface area is 336 Å². The summed E-state index contributed by atoms with van der Waals surface area (Å²) < 4.78 is 11.9. The summed E-state index contributed by atoms with van der Waals surface area (Å²) in [6.07, 6.45) is 37.2. The molecule has 0 radical (unpaired) electrons. The van der Waals surface area contributed by atoms with E-state index in [0.29, 0.717) is 25.0 Å². The fraction of sp³-hybridized carbons (Fsp3) is 0.958. The van der Waals surface area contributed by atoms with Crippen molar-refractivity contribution in [2.45, 2.75) is 233 Å². The summed E-state index contributed by atoms with van der Waals surface area (Å²) in [5.74, 6) is 1.52. The first kappa shape index (κ1) is 50.9. The van der Waals surface area contributed by atoms with Gasteiger partial charge in [0.05, 0.1) is 25.0 Å². The van der Waals surface area contributed by atoms with Crippen LogP contribution in [-0.2, 0) is 19.1 Å². The maximum Gasteiger partial charge on any atom is 0.308 e. The number of unbranched alkanes of at least 4 members (excludes halogenated alkanes) is 18. The molecule has 1 aliphatic rings. The third-order valence-corrected chi connectivity index (χ3v) is 12.3. The van der Waals surface area contributed by atoms with Crippen LogP contribution in [0.25, 0.3) is 0 Å². The second kappa shape index (κ2) is 37.4. The molecule has 1 rings (SSSR count). The van der Waals surface area contributed by atoms with E-state index in [1.807, 2.05) is 0 Å². The van der Waals surface area contributed by atoms with Gasteiger partial charge in [-0.2, -0.15) is 0 Å². The van der Waals surface area contributed by atoms with Gasteiger partial charge in [0.15, 0.2) is 0 Å². The number of aliphatic hydroxyl groups is 1. The van der Waals surface area contributed by atoms with Gasteiger partial charge in [0, 0.05) is 13.2 Å². The highest BCUT2D eigenvalue weighted by Crippen LogP contribution is 2.32. The highest BCUT2D eigenvalue weighted by molar-refractivity contribution is 5.72. The number of ether oxygens (including phenoxy) is 2. The lowest BCUT2D eigenvalue weighted by Crippen LogP contribution is -2.41. The second-order valence-electron chi connectivity index (χ2n) is 17.2. The lowest BCUT2D eigenvalue weighted by molar-refractivity contribution is -0.150. The van der Waals surface area contributed by atoms with Gasteiger partial charge in [-0.25, -0.2) is 0 Å². The number of carbonyl (C=O) groups excluding carboxylic acids is 2. The van der Waals surface area contributed by atoms with Crippen molar-refractivity contribution in [2.24, 2.45) is 23.7 Å². The lowest BCUT2D eigenvalue weighted by Gasteiger charge is -2.39. The van der Waals surface area contributed by atoms with Gasteiger partial charge in [0.25, 0.3) is 0 Å². The second-order valence-corrected chi connectivity index (χ2v) is 17.2. The Bertz CT molecular complexity index is 836. The van der Waals surface area contributed by atoms with Crippen LogP contribution in [0.5, 0.6) is 0 Å².